The zero-order valence-corrected chi connectivity index (χ0v) is 40.7. The first-order chi connectivity index (χ1) is 30.8. The third-order valence-electron chi connectivity index (χ3n) is 12.7. The van der Waals surface area contributed by atoms with Gasteiger partial charge in [-0.05, 0) is 96.5 Å². The number of halogens is 4. The average molecular weight is 956 g/mol. The zero-order chi connectivity index (χ0) is 45.7. The van der Waals surface area contributed by atoms with Crippen LogP contribution in [-0.4, -0.2) is 103 Å². The van der Waals surface area contributed by atoms with Crippen LogP contribution in [0.1, 0.15) is 83.7 Å². The molecule has 2 aliphatic heterocycles. The number of hydrogen-bond acceptors (Lipinski definition) is 8. The number of carbonyl (C=O) groups excluding carboxylic acids is 2. The van der Waals surface area contributed by atoms with Crippen molar-refractivity contribution >= 4 is 11.9 Å². The molecular formula is C52H66Cl2F2N2O8. The maximum absolute atomic E-state index is 14.1. The highest BCUT2D eigenvalue weighted by atomic mass is 35.5. The molecule has 4 aromatic carbocycles. The minimum atomic E-state index is -0.246. The molecule has 14 heteroatoms. The highest BCUT2D eigenvalue weighted by molar-refractivity contribution is 5.70. The van der Waals surface area contributed by atoms with Crippen LogP contribution in [0.5, 0.6) is 23.0 Å². The van der Waals surface area contributed by atoms with Gasteiger partial charge in [-0.1, -0.05) is 36.4 Å². The Morgan fingerprint density at radius 3 is 1.33 bits per heavy atom. The smallest absolute Gasteiger partial charge is 0.306 e. The lowest BCUT2D eigenvalue weighted by Gasteiger charge is -2.43. The first-order valence-electron chi connectivity index (χ1n) is 22.4. The number of rotatable bonds is 22. The molecule has 0 unspecified atom stereocenters. The predicted molar refractivity (Wildman–Crippen MR) is 243 cm³/mol. The summed E-state index contributed by atoms with van der Waals surface area (Å²) in [5, 5.41) is 0. The van der Waals surface area contributed by atoms with Gasteiger partial charge >= 0.3 is 11.9 Å². The lowest BCUT2D eigenvalue weighted by atomic mass is 9.83. The van der Waals surface area contributed by atoms with Crippen molar-refractivity contribution in [3.05, 3.63) is 130 Å². The van der Waals surface area contributed by atoms with Crippen molar-refractivity contribution in [2.45, 2.75) is 76.3 Å². The van der Waals surface area contributed by atoms with Crippen molar-refractivity contribution in [2.75, 3.05) is 81.9 Å². The number of likely N-dealkylation sites (N-methyl/N-ethyl adjacent to an activating group) is 2. The third-order valence-corrected chi connectivity index (χ3v) is 12.7. The quantitative estimate of drug-likeness (QED) is 0.0515. The molecule has 0 fully saturated rings. The monoisotopic (exact) mass is 954 g/mol. The van der Waals surface area contributed by atoms with E-state index in [1.807, 2.05) is 24.3 Å². The predicted octanol–water partition coefficient (Wildman–Crippen LogP) is 3.26. The fourth-order valence-electron chi connectivity index (χ4n) is 9.75. The molecular weight excluding hydrogens is 889 g/mol. The fourth-order valence-corrected chi connectivity index (χ4v) is 9.75. The molecule has 2 aliphatic rings. The Hall–Kier alpha value is -4.88. The van der Waals surface area contributed by atoms with Crippen molar-refractivity contribution in [3.8, 4) is 23.0 Å². The van der Waals surface area contributed by atoms with Crippen LogP contribution in [0.25, 0.3) is 0 Å². The van der Waals surface area contributed by atoms with Crippen LogP contribution in [0.4, 0.5) is 8.78 Å². The van der Waals surface area contributed by atoms with Gasteiger partial charge in [-0.3, -0.25) is 9.59 Å². The molecule has 0 N–H and O–H groups in total. The zero-order valence-electron chi connectivity index (χ0n) is 39.2. The lowest BCUT2D eigenvalue weighted by molar-refractivity contribution is -0.926. The van der Waals surface area contributed by atoms with E-state index < -0.39 is 0 Å². The van der Waals surface area contributed by atoms with Crippen molar-refractivity contribution in [1.82, 2.24) is 0 Å². The van der Waals surface area contributed by atoms with E-state index in [0.29, 0.717) is 74.7 Å². The number of allylic oxidation sites excluding steroid dienone is 2. The molecule has 2 heterocycles. The van der Waals surface area contributed by atoms with Crippen LogP contribution in [0.15, 0.2) is 84.9 Å². The summed E-state index contributed by atoms with van der Waals surface area (Å²) in [6, 6.07) is 21.8. The summed E-state index contributed by atoms with van der Waals surface area (Å²) in [4.78, 5) is 25.2. The van der Waals surface area contributed by atoms with Crippen LogP contribution in [0, 0.1) is 11.6 Å². The van der Waals surface area contributed by atoms with Gasteiger partial charge in [-0.25, -0.2) is 8.78 Å². The molecule has 0 amide bonds. The van der Waals surface area contributed by atoms with E-state index in [0.717, 1.165) is 59.4 Å². The second-order valence-electron chi connectivity index (χ2n) is 17.9. The molecule has 0 radical (unpaired) electrons. The Morgan fingerprint density at radius 2 is 0.970 bits per heavy atom. The number of ether oxygens (including phenoxy) is 6. The Kier molecular flexibility index (Phi) is 20.6. The summed E-state index contributed by atoms with van der Waals surface area (Å²) >= 11 is 0. The summed E-state index contributed by atoms with van der Waals surface area (Å²) in [7, 11) is 11.0. The van der Waals surface area contributed by atoms with Gasteiger partial charge in [0.25, 0.3) is 0 Å². The Labute approximate surface area is 402 Å². The second-order valence-corrected chi connectivity index (χ2v) is 17.9. The molecule has 10 nitrogen and oxygen atoms in total. The molecule has 0 saturated heterocycles. The summed E-state index contributed by atoms with van der Waals surface area (Å²) in [6.07, 6.45) is 8.25. The third kappa shape index (κ3) is 14.8. The molecule has 4 atom stereocenters. The van der Waals surface area contributed by atoms with Gasteiger partial charge in [0.05, 0.1) is 81.9 Å². The largest absolute Gasteiger partial charge is 1.00 e. The number of methoxy groups -OCH3 is 4. The lowest BCUT2D eigenvalue weighted by Crippen LogP contribution is -3.00. The molecule has 0 spiro atoms. The maximum atomic E-state index is 14.1. The van der Waals surface area contributed by atoms with Gasteiger partial charge < -0.3 is 62.2 Å². The summed E-state index contributed by atoms with van der Waals surface area (Å²) in [6.45, 7) is 5.59. The van der Waals surface area contributed by atoms with Crippen LogP contribution in [0.2, 0.25) is 0 Å². The summed E-state index contributed by atoms with van der Waals surface area (Å²) in [5.74, 6) is 2.05. The molecule has 0 bridgehead atoms. The molecule has 6 rings (SSSR count). The number of esters is 2. The molecule has 0 saturated carbocycles. The number of nitrogens with zero attached hydrogens (tertiary/aromatic N) is 2. The van der Waals surface area contributed by atoms with Crippen LogP contribution < -0.4 is 43.8 Å². The molecule has 0 aromatic heterocycles. The summed E-state index contributed by atoms with van der Waals surface area (Å²) < 4.78 is 63.5. The standard InChI is InChI=1S/C52H66F2N2O8.2ClH/c1-55(33-39(25-37-15-11-17-43(53)27-37)45-31-49(61-5)47(59-3)29-41(45)35-55)21-13-23-63-51(57)19-9-7-8-10-20-52(58)64-24-14-22-56(2)34-40(26-38-16-12-18-44(54)28-38)46-32-50(62-6)48(60-4)30-42(46)36-56;;/h7-8,11-12,15-18,27-32,39-40H,9-10,13-14,19-26,33-36H2,1-6H3;2*1H/q+2;;/p-2/b8-7+;;/t39-,40+,55+,56-;;. The minimum absolute atomic E-state index is 0. The number of quaternary nitrogens is 2. The normalized spacial score (nSPS) is 19.6. The fraction of sp³-hybridized carbons (Fsp3) is 0.462. The number of fused-ring (bicyclic) bond motifs is 2. The van der Waals surface area contributed by atoms with Crippen molar-refractivity contribution in [2.24, 2.45) is 0 Å². The molecule has 66 heavy (non-hydrogen) atoms. The van der Waals surface area contributed by atoms with E-state index in [9.17, 15) is 18.4 Å². The van der Waals surface area contributed by atoms with E-state index in [2.05, 4.69) is 38.4 Å². The van der Waals surface area contributed by atoms with E-state index in [1.54, 1.807) is 52.7 Å². The SMILES string of the molecule is COc1cc2c(cc1OC)[C@H](Cc1cccc(F)c1)C[N@+](C)(CCCOC(=O)CC/C=C/CCC(=O)OCCC[N@@+]1(C)Cc3cc(OC)c(OC)cc3[C@@H](Cc3cccc(F)c3)C1)C2.[Cl-].[Cl-]. The first kappa shape index (κ1) is 53.7. The van der Waals surface area contributed by atoms with E-state index in [-0.39, 0.29) is 73.1 Å². The van der Waals surface area contributed by atoms with Gasteiger partial charge in [-0.15, -0.1) is 0 Å². The van der Waals surface area contributed by atoms with Crippen LogP contribution >= 0.6 is 0 Å². The van der Waals surface area contributed by atoms with Crippen LogP contribution in [-0.2, 0) is 45.0 Å². The Morgan fingerprint density at radius 1 is 0.591 bits per heavy atom. The summed E-state index contributed by atoms with van der Waals surface area (Å²) in [5.41, 5.74) is 6.64. The number of carbonyl (C=O) groups is 2. The van der Waals surface area contributed by atoms with Gasteiger partial charge in [-0.2, -0.15) is 0 Å². The van der Waals surface area contributed by atoms with Gasteiger partial charge in [0.15, 0.2) is 23.0 Å². The van der Waals surface area contributed by atoms with Crippen molar-refractivity contribution < 1.29 is 80.6 Å². The highest BCUT2D eigenvalue weighted by Crippen LogP contribution is 2.42. The van der Waals surface area contributed by atoms with Crippen LogP contribution in [0.3, 0.4) is 0 Å². The Balaban J connectivity index is 0.00000476. The maximum Gasteiger partial charge on any atom is 0.306 e. The average Bonchev–Trinajstić information content (AvgIpc) is 3.27. The van der Waals surface area contributed by atoms with Gasteiger partial charge in [0.1, 0.15) is 24.7 Å². The highest BCUT2D eigenvalue weighted by Gasteiger charge is 2.38. The van der Waals surface area contributed by atoms with Crippen molar-refractivity contribution in [1.29, 1.82) is 0 Å². The number of hydrogen-bond donors (Lipinski definition) is 0. The first-order valence-corrected chi connectivity index (χ1v) is 22.4. The molecule has 0 aliphatic carbocycles. The van der Waals surface area contributed by atoms with Gasteiger partial charge in [0, 0.05) is 48.6 Å². The molecule has 4 aromatic rings. The Bertz CT molecular complexity index is 2110. The topological polar surface area (TPSA) is 89.5 Å². The second kappa shape index (κ2) is 25.3. The van der Waals surface area contributed by atoms with E-state index in [4.69, 9.17) is 28.4 Å². The number of benzene rings is 4. The minimum Gasteiger partial charge on any atom is -1.00 e. The van der Waals surface area contributed by atoms with Gasteiger partial charge in [0.2, 0.25) is 0 Å². The van der Waals surface area contributed by atoms with E-state index >= 15 is 0 Å². The molecule has 360 valence electrons. The van der Waals surface area contributed by atoms with E-state index in [1.165, 1.54) is 34.4 Å². The van der Waals surface area contributed by atoms with Crippen molar-refractivity contribution in [3.63, 3.8) is 0 Å².